The quantitative estimate of drug-likeness (QED) is 0.555. The fraction of sp³-hybridized carbons (Fsp3) is 0.318. The van der Waals surface area contributed by atoms with E-state index in [1.54, 1.807) is 19.2 Å². The van der Waals surface area contributed by atoms with Crippen molar-refractivity contribution in [3.8, 4) is 17.1 Å². The van der Waals surface area contributed by atoms with Gasteiger partial charge in [0.2, 0.25) is 17.6 Å². The molecule has 1 fully saturated rings. The van der Waals surface area contributed by atoms with Crippen LogP contribution in [0.15, 0.2) is 53.1 Å². The zero-order valence-corrected chi connectivity index (χ0v) is 18.0. The Hall–Kier alpha value is -3.07. The molecule has 0 bridgehead atoms. The lowest BCUT2D eigenvalue weighted by Crippen LogP contribution is -2.49. The summed E-state index contributed by atoms with van der Waals surface area (Å²) in [5, 5.41) is 4.00. The highest BCUT2D eigenvalue weighted by atomic mass is 32.2. The summed E-state index contributed by atoms with van der Waals surface area (Å²) in [6, 6.07) is 14.1. The molecule has 1 saturated heterocycles. The summed E-state index contributed by atoms with van der Waals surface area (Å²) >= 11 is 1.44. The first-order valence-corrected chi connectivity index (χ1v) is 11.1. The van der Waals surface area contributed by atoms with Gasteiger partial charge in [-0.3, -0.25) is 4.79 Å². The summed E-state index contributed by atoms with van der Waals surface area (Å²) < 4.78 is 24.4. The number of rotatable bonds is 7. The van der Waals surface area contributed by atoms with Crippen molar-refractivity contribution in [3.63, 3.8) is 0 Å². The van der Waals surface area contributed by atoms with E-state index in [1.807, 2.05) is 40.1 Å². The standard InChI is InChI=1S/C22H23FN4O3S/c1-29-17-8-6-16(7-9-17)22-24-20(30-25-22)14-31-15-21(28)27-12-10-26(11-13-27)19-5-3-2-4-18(19)23/h2-9H,10-15H2,1H3. The van der Waals surface area contributed by atoms with Gasteiger partial charge in [-0.1, -0.05) is 17.3 Å². The minimum absolute atomic E-state index is 0.0630. The van der Waals surface area contributed by atoms with Gasteiger partial charge in [-0.2, -0.15) is 4.98 Å². The highest BCUT2D eigenvalue weighted by molar-refractivity contribution is 7.99. The molecule has 1 aliphatic heterocycles. The van der Waals surface area contributed by atoms with Gasteiger partial charge in [-0.05, 0) is 36.4 Å². The highest BCUT2D eigenvalue weighted by Gasteiger charge is 2.22. The molecule has 0 radical (unpaired) electrons. The molecule has 7 nitrogen and oxygen atoms in total. The second kappa shape index (κ2) is 9.82. The minimum Gasteiger partial charge on any atom is -0.497 e. The van der Waals surface area contributed by atoms with Gasteiger partial charge in [0.25, 0.3) is 0 Å². The van der Waals surface area contributed by atoms with E-state index in [4.69, 9.17) is 9.26 Å². The van der Waals surface area contributed by atoms with Crippen LogP contribution in [0.1, 0.15) is 5.89 Å². The van der Waals surface area contributed by atoms with Gasteiger partial charge in [0, 0.05) is 31.7 Å². The molecule has 31 heavy (non-hydrogen) atoms. The molecule has 2 aromatic carbocycles. The van der Waals surface area contributed by atoms with E-state index >= 15 is 0 Å². The molecule has 4 rings (SSSR count). The first kappa shape index (κ1) is 21.2. The van der Waals surface area contributed by atoms with Crippen LogP contribution in [-0.2, 0) is 10.5 Å². The van der Waals surface area contributed by atoms with Crippen LogP contribution in [0, 0.1) is 5.82 Å². The van der Waals surface area contributed by atoms with Crippen molar-refractivity contribution in [1.29, 1.82) is 0 Å². The maximum absolute atomic E-state index is 14.0. The maximum Gasteiger partial charge on any atom is 0.236 e. The third kappa shape index (κ3) is 5.16. The van der Waals surface area contributed by atoms with Gasteiger partial charge in [0.1, 0.15) is 11.6 Å². The molecule has 0 unspecified atom stereocenters. The van der Waals surface area contributed by atoms with Crippen LogP contribution in [0.25, 0.3) is 11.4 Å². The Morgan fingerprint density at radius 1 is 1.13 bits per heavy atom. The molecular formula is C22H23FN4O3S. The number of carbonyl (C=O) groups is 1. The molecule has 0 atom stereocenters. The number of hydrogen-bond acceptors (Lipinski definition) is 7. The van der Waals surface area contributed by atoms with Crippen LogP contribution >= 0.6 is 11.8 Å². The Bertz CT molecular complexity index is 1020. The van der Waals surface area contributed by atoms with Gasteiger partial charge < -0.3 is 19.1 Å². The molecule has 9 heteroatoms. The Labute approximate surface area is 184 Å². The number of hydrogen-bond donors (Lipinski definition) is 0. The number of benzene rings is 2. The van der Waals surface area contributed by atoms with Crippen molar-refractivity contribution in [2.75, 3.05) is 43.9 Å². The normalized spacial score (nSPS) is 14.0. The molecule has 3 aromatic rings. The van der Waals surface area contributed by atoms with E-state index in [-0.39, 0.29) is 11.7 Å². The number of carbonyl (C=O) groups excluding carboxylic acids is 1. The van der Waals surface area contributed by atoms with Gasteiger partial charge in [0.15, 0.2) is 0 Å². The number of amides is 1. The molecule has 0 spiro atoms. The van der Waals surface area contributed by atoms with Crippen molar-refractivity contribution >= 4 is 23.4 Å². The summed E-state index contributed by atoms with van der Waals surface area (Å²) in [7, 11) is 1.61. The fourth-order valence-electron chi connectivity index (χ4n) is 3.39. The van der Waals surface area contributed by atoms with Gasteiger partial charge in [-0.25, -0.2) is 4.39 Å². The van der Waals surface area contributed by atoms with Crippen LogP contribution < -0.4 is 9.64 Å². The number of nitrogens with zero attached hydrogens (tertiary/aromatic N) is 4. The average molecular weight is 443 g/mol. The molecule has 0 N–H and O–H groups in total. The van der Waals surface area contributed by atoms with E-state index in [9.17, 15) is 9.18 Å². The van der Waals surface area contributed by atoms with Crippen LogP contribution in [0.2, 0.25) is 0 Å². The molecular weight excluding hydrogens is 419 g/mol. The van der Waals surface area contributed by atoms with Crippen molar-refractivity contribution < 1.29 is 18.4 Å². The zero-order chi connectivity index (χ0) is 21.6. The second-order valence-electron chi connectivity index (χ2n) is 7.05. The van der Waals surface area contributed by atoms with Crippen molar-refractivity contribution in [3.05, 3.63) is 60.2 Å². The molecule has 2 heterocycles. The number of methoxy groups -OCH3 is 1. The maximum atomic E-state index is 14.0. The minimum atomic E-state index is -0.230. The Kier molecular flexibility index (Phi) is 6.71. The number of halogens is 1. The smallest absolute Gasteiger partial charge is 0.236 e. The predicted molar refractivity (Wildman–Crippen MR) is 118 cm³/mol. The number of aromatic nitrogens is 2. The topological polar surface area (TPSA) is 71.7 Å². The van der Waals surface area contributed by atoms with E-state index in [1.165, 1.54) is 17.8 Å². The van der Waals surface area contributed by atoms with E-state index in [2.05, 4.69) is 10.1 Å². The Balaban J connectivity index is 1.23. The van der Waals surface area contributed by atoms with Crippen LogP contribution in [-0.4, -0.2) is 60.0 Å². The lowest BCUT2D eigenvalue weighted by Gasteiger charge is -2.36. The zero-order valence-electron chi connectivity index (χ0n) is 17.2. The fourth-order valence-corrected chi connectivity index (χ4v) is 4.14. The second-order valence-corrected chi connectivity index (χ2v) is 8.04. The molecule has 0 aliphatic carbocycles. The molecule has 1 amide bonds. The summed E-state index contributed by atoms with van der Waals surface area (Å²) in [5.41, 5.74) is 1.43. The summed E-state index contributed by atoms with van der Waals surface area (Å²) in [4.78, 5) is 20.7. The summed E-state index contributed by atoms with van der Waals surface area (Å²) in [5.74, 6) is 2.38. The summed E-state index contributed by atoms with van der Waals surface area (Å²) in [6.07, 6.45) is 0. The Morgan fingerprint density at radius 3 is 2.58 bits per heavy atom. The van der Waals surface area contributed by atoms with Crippen molar-refractivity contribution in [1.82, 2.24) is 15.0 Å². The number of para-hydroxylation sites is 1. The van der Waals surface area contributed by atoms with Gasteiger partial charge in [-0.15, -0.1) is 11.8 Å². The van der Waals surface area contributed by atoms with Crippen molar-refractivity contribution in [2.45, 2.75) is 5.75 Å². The molecule has 162 valence electrons. The first-order valence-electron chi connectivity index (χ1n) is 9.96. The summed E-state index contributed by atoms with van der Waals surface area (Å²) in [6.45, 7) is 2.39. The van der Waals surface area contributed by atoms with E-state index in [0.717, 1.165) is 11.3 Å². The first-order chi connectivity index (χ1) is 15.1. The predicted octanol–water partition coefficient (Wildman–Crippen LogP) is 3.47. The number of anilines is 1. The van der Waals surface area contributed by atoms with Gasteiger partial charge in [0.05, 0.1) is 24.3 Å². The van der Waals surface area contributed by atoms with Crippen LogP contribution in [0.3, 0.4) is 0 Å². The molecule has 0 saturated carbocycles. The van der Waals surface area contributed by atoms with E-state index < -0.39 is 0 Å². The monoisotopic (exact) mass is 442 g/mol. The van der Waals surface area contributed by atoms with Crippen molar-refractivity contribution in [2.24, 2.45) is 0 Å². The number of thioether (sulfide) groups is 1. The lowest BCUT2D eigenvalue weighted by atomic mass is 10.2. The van der Waals surface area contributed by atoms with Crippen LogP contribution in [0.5, 0.6) is 5.75 Å². The largest absolute Gasteiger partial charge is 0.497 e. The average Bonchev–Trinajstić information content (AvgIpc) is 3.28. The SMILES string of the molecule is COc1ccc(-c2noc(CSCC(=O)N3CCN(c4ccccc4F)CC3)n2)cc1. The number of ether oxygens (including phenoxy) is 1. The number of piperazine rings is 1. The van der Waals surface area contributed by atoms with Crippen LogP contribution in [0.4, 0.5) is 10.1 Å². The van der Waals surface area contributed by atoms with E-state index in [0.29, 0.717) is 55.1 Å². The highest BCUT2D eigenvalue weighted by Crippen LogP contribution is 2.22. The molecule has 1 aromatic heterocycles. The Morgan fingerprint density at radius 2 is 1.87 bits per heavy atom. The molecule has 1 aliphatic rings. The van der Waals surface area contributed by atoms with Gasteiger partial charge >= 0.3 is 0 Å². The third-order valence-corrected chi connectivity index (χ3v) is 6.00. The lowest BCUT2D eigenvalue weighted by molar-refractivity contribution is -0.128. The third-order valence-electron chi connectivity index (χ3n) is 5.09.